The number of aromatic nitrogens is 2. The van der Waals surface area contributed by atoms with Crippen LogP contribution in [0.1, 0.15) is 18.5 Å². The van der Waals surface area contributed by atoms with Crippen molar-refractivity contribution in [2.75, 3.05) is 38.2 Å². The number of carbonyl (C=O) groups excluding carboxylic acids is 1. The average molecular weight is 380 g/mol. The van der Waals surface area contributed by atoms with E-state index in [1.165, 1.54) is 0 Å². The smallest absolute Gasteiger partial charge is 0.228 e. The van der Waals surface area contributed by atoms with Crippen molar-refractivity contribution in [1.29, 1.82) is 0 Å². The van der Waals surface area contributed by atoms with Crippen LogP contribution < -0.4 is 9.64 Å². The highest BCUT2D eigenvalue weighted by Gasteiger charge is 2.30. The number of piperidine rings is 1. The van der Waals surface area contributed by atoms with E-state index in [4.69, 9.17) is 14.7 Å². The molecule has 0 bridgehead atoms. The summed E-state index contributed by atoms with van der Waals surface area (Å²) in [6, 6.07) is 5.83. The summed E-state index contributed by atoms with van der Waals surface area (Å²) in [5.41, 5.74) is 1.78. The molecule has 28 heavy (non-hydrogen) atoms. The Morgan fingerprint density at radius 3 is 2.75 bits per heavy atom. The summed E-state index contributed by atoms with van der Waals surface area (Å²) in [5.74, 6) is 1.52. The minimum atomic E-state index is -0.0708. The quantitative estimate of drug-likeness (QED) is 0.690. The van der Waals surface area contributed by atoms with Crippen molar-refractivity contribution in [3.8, 4) is 5.75 Å². The summed E-state index contributed by atoms with van der Waals surface area (Å²) >= 11 is 0. The Hall–Kier alpha value is -2.89. The first-order valence-electron chi connectivity index (χ1n) is 9.65. The van der Waals surface area contributed by atoms with E-state index in [-0.39, 0.29) is 11.8 Å². The summed E-state index contributed by atoms with van der Waals surface area (Å²) in [6.45, 7) is 12.0. The molecule has 0 radical (unpaired) electrons. The predicted molar refractivity (Wildman–Crippen MR) is 113 cm³/mol. The van der Waals surface area contributed by atoms with Crippen LogP contribution in [0, 0.1) is 12.8 Å². The maximum Gasteiger partial charge on any atom is 0.228 e. The third-order valence-electron chi connectivity index (χ3n) is 5.15. The maximum absolute atomic E-state index is 13.0. The lowest BCUT2D eigenvalue weighted by Gasteiger charge is -2.34. The summed E-state index contributed by atoms with van der Waals surface area (Å²) in [7, 11) is 1.65. The second kappa shape index (κ2) is 8.87. The second-order valence-electron chi connectivity index (χ2n) is 7.10. The molecule has 6 heteroatoms. The molecule has 1 saturated heterocycles. The van der Waals surface area contributed by atoms with Gasteiger partial charge in [-0.25, -0.2) is 9.97 Å². The average Bonchev–Trinajstić information content (AvgIpc) is 2.72. The van der Waals surface area contributed by atoms with Gasteiger partial charge in [0.25, 0.3) is 0 Å². The van der Waals surface area contributed by atoms with Gasteiger partial charge in [0.05, 0.1) is 24.2 Å². The fourth-order valence-electron chi connectivity index (χ4n) is 3.71. The topological polar surface area (TPSA) is 58.6 Å². The van der Waals surface area contributed by atoms with Gasteiger partial charge in [0.1, 0.15) is 5.75 Å². The van der Waals surface area contributed by atoms with E-state index in [1.807, 2.05) is 25.1 Å². The number of nitrogens with zero attached hydrogens (tertiary/aromatic N) is 4. The standard InChI is InChI=1S/C22H28N4O2/c1-5-11-25(12-6-2)21(27)17-8-7-13-26(15-17)22-23-16(3)19-10-9-18(28-4)14-20(19)24-22/h5-6,9-10,14,17H,1-2,7-8,11-13,15H2,3-4H3/t17-/m0/s1. The number of anilines is 1. The van der Waals surface area contributed by atoms with Crippen molar-refractivity contribution < 1.29 is 9.53 Å². The first-order chi connectivity index (χ1) is 13.6. The molecule has 1 atom stereocenters. The minimum absolute atomic E-state index is 0.0708. The number of rotatable bonds is 7. The first-order valence-corrected chi connectivity index (χ1v) is 9.65. The zero-order valence-electron chi connectivity index (χ0n) is 16.7. The van der Waals surface area contributed by atoms with Crippen molar-refractivity contribution in [3.63, 3.8) is 0 Å². The fourth-order valence-corrected chi connectivity index (χ4v) is 3.71. The van der Waals surface area contributed by atoms with E-state index < -0.39 is 0 Å². The minimum Gasteiger partial charge on any atom is -0.497 e. The van der Waals surface area contributed by atoms with Gasteiger partial charge in [-0.15, -0.1) is 13.2 Å². The molecule has 0 saturated carbocycles. The normalized spacial score (nSPS) is 16.6. The molecule has 0 N–H and O–H groups in total. The van der Waals surface area contributed by atoms with Crippen LogP contribution in [0.3, 0.4) is 0 Å². The Kier molecular flexibility index (Phi) is 6.29. The lowest BCUT2D eigenvalue weighted by atomic mass is 9.96. The number of ether oxygens (including phenoxy) is 1. The van der Waals surface area contributed by atoms with Crippen LogP contribution in [0.25, 0.3) is 10.9 Å². The molecule has 1 aromatic heterocycles. The maximum atomic E-state index is 13.0. The van der Waals surface area contributed by atoms with Gasteiger partial charge < -0.3 is 14.5 Å². The van der Waals surface area contributed by atoms with Gasteiger partial charge in [0.2, 0.25) is 11.9 Å². The van der Waals surface area contributed by atoms with Crippen LogP contribution in [0.5, 0.6) is 5.75 Å². The monoisotopic (exact) mass is 380 g/mol. The molecule has 1 amide bonds. The predicted octanol–water partition coefficient (Wildman–Crippen LogP) is 3.36. The van der Waals surface area contributed by atoms with Crippen LogP contribution in [-0.2, 0) is 4.79 Å². The molecule has 148 valence electrons. The van der Waals surface area contributed by atoms with Gasteiger partial charge in [0.15, 0.2) is 0 Å². The largest absolute Gasteiger partial charge is 0.497 e. The molecule has 1 aliphatic heterocycles. The van der Waals surface area contributed by atoms with E-state index in [1.54, 1.807) is 24.2 Å². The number of methoxy groups -OCH3 is 1. The van der Waals surface area contributed by atoms with Gasteiger partial charge in [0, 0.05) is 37.6 Å². The van der Waals surface area contributed by atoms with Gasteiger partial charge in [-0.2, -0.15) is 0 Å². The first kappa shape index (κ1) is 19.9. The molecule has 1 fully saturated rings. The van der Waals surface area contributed by atoms with Crippen molar-refractivity contribution >= 4 is 22.8 Å². The molecule has 2 heterocycles. The number of amides is 1. The highest BCUT2D eigenvalue weighted by atomic mass is 16.5. The molecule has 1 aromatic carbocycles. The van der Waals surface area contributed by atoms with Crippen LogP contribution >= 0.6 is 0 Å². The van der Waals surface area contributed by atoms with Crippen molar-refractivity contribution in [2.24, 2.45) is 5.92 Å². The fraction of sp³-hybridized carbons (Fsp3) is 0.409. The Balaban J connectivity index is 1.84. The van der Waals surface area contributed by atoms with Gasteiger partial charge in [-0.1, -0.05) is 12.2 Å². The zero-order chi connectivity index (χ0) is 20.1. The van der Waals surface area contributed by atoms with E-state index in [2.05, 4.69) is 18.1 Å². The van der Waals surface area contributed by atoms with E-state index in [0.29, 0.717) is 25.6 Å². The second-order valence-corrected chi connectivity index (χ2v) is 7.10. The number of hydrogen-bond donors (Lipinski definition) is 0. The number of benzene rings is 1. The Labute approximate surface area is 166 Å². The van der Waals surface area contributed by atoms with Crippen molar-refractivity contribution in [2.45, 2.75) is 19.8 Å². The lowest BCUT2D eigenvalue weighted by molar-refractivity contribution is -0.134. The summed E-state index contributed by atoms with van der Waals surface area (Å²) < 4.78 is 5.33. The number of fused-ring (bicyclic) bond motifs is 1. The Morgan fingerprint density at radius 1 is 1.32 bits per heavy atom. The number of carbonyl (C=O) groups is 1. The summed E-state index contributed by atoms with van der Waals surface area (Å²) in [4.78, 5) is 26.4. The molecular weight excluding hydrogens is 352 g/mol. The summed E-state index contributed by atoms with van der Waals surface area (Å²) in [5, 5.41) is 1.01. The van der Waals surface area contributed by atoms with Gasteiger partial charge >= 0.3 is 0 Å². The van der Waals surface area contributed by atoms with Gasteiger partial charge in [-0.3, -0.25) is 4.79 Å². The third kappa shape index (κ3) is 4.16. The number of hydrogen-bond acceptors (Lipinski definition) is 5. The molecule has 0 spiro atoms. The van der Waals surface area contributed by atoms with Crippen LogP contribution in [-0.4, -0.2) is 54.1 Å². The Bertz CT molecular complexity index is 870. The number of aryl methyl sites for hydroxylation is 1. The van der Waals surface area contributed by atoms with E-state index in [9.17, 15) is 4.79 Å². The van der Waals surface area contributed by atoms with Crippen LogP contribution in [0.4, 0.5) is 5.95 Å². The molecule has 0 unspecified atom stereocenters. The lowest BCUT2D eigenvalue weighted by Crippen LogP contribution is -2.45. The Morgan fingerprint density at radius 2 is 2.07 bits per heavy atom. The van der Waals surface area contributed by atoms with Crippen molar-refractivity contribution in [3.05, 3.63) is 49.2 Å². The highest BCUT2D eigenvalue weighted by molar-refractivity contribution is 5.83. The third-order valence-corrected chi connectivity index (χ3v) is 5.15. The zero-order valence-corrected chi connectivity index (χ0v) is 16.7. The van der Waals surface area contributed by atoms with Crippen LogP contribution in [0.2, 0.25) is 0 Å². The molecule has 2 aromatic rings. The van der Waals surface area contributed by atoms with E-state index in [0.717, 1.165) is 41.7 Å². The van der Waals surface area contributed by atoms with E-state index >= 15 is 0 Å². The molecule has 0 aliphatic carbocycles. The summed E-state index contributed by atoms with van der Waals surface area (Å²) in [6.07, 6.45) is 5.32. The SMILES string of the molecule is C=CCN(CC=C)C(=O)[C@H]1CCCN(c2nc(C)c3ccc(OC)cc3n2)C1. The highest BCUT2D eigenvalue weighted by Crippen LogP contribution is 2.27. The molecule has 1 aliphatic rings. The molecule has 3 rings (SSSR count). The van der Waals surface area contributed by atoms with Crippen molar-refractivity contribution in [1.82, 2.24) is 14.9 Å². The van der Waals surface area contributed by atoms with Gasteiger partial charge in [-0.05, 0) is 31.9 Å². The molecule has 6 nitrogen and oxygen atoms in total. The van der Waals surface area contributed by atoms with Crippen LogP contribution in [0.15, 0.2) is 43.5 Å². The molecular formula is C22H28N4O2.